The molecular formula is C15H11N3O3S. The van der Waals surface area contributed by atoms with Crippen LogP contribution < -0.4 is 10.6 Å². The van der Waals surface area contributed by atoms with Crippen molar-refractivity contribution < 1.29 is 14.0 Å². The topological polar surface area (TPSA) is 84.2 Å². The van der Waals surface area contributed by atoms with Gasteiger partial charge in [-0.25, -0.2) is 0 Å². The summed E-state index contributed by atoms with van der Waals surface area (Å²) >= 11 is 1.30. The fourth-order valence-electron chi connectivity index (χ4n) is 1.72. The maximum Gasteiger partial charge on any atom is 0.302 e. The summed E-state index contributed by atoms with van der Waals surface area (Å²) in [5.41, 5.74) is 0.741. The van der Waals surface area contributed by atoms with Crippen molar-refractivity contribution in [2.45, 2.75) is 0 Å². The molecule has 0 aliphatic carbocycles. The van der Waals surface area contributed by atoms with Crippen LogP contribution in [0.4, 0.5) is 11.7 Å². The second-order valence-corrected chi connectivity index (χ2v) is 5.24. The van der Waals surface area contributed by atoms with Gasteiger partial charge in [0.05, 0.1) is 4.88 Å². The third-order valence-electron chi connectivity index (χ3n) is 2.73. The molecule has 2 amide bonds. The van der Waals surface area contributed by atoms with Crippen molar-refractivity contribution in [1.29, 1.82) is 0 Å². The highest BCUT2D eigenvalue weighted by molar-refractivity contribution is 7.12. The number of benzene rings is 1. The molecule has 0 atom stereocenters. The largest absolute Gasteiger partial charge is 0.431 e. The Kier molecular flexibility index (Phi) is 3.97. The predicted molar refractivity (Wildman–Crippen MR) is 83.2 cm³/mol. The second kappa shape index (κ2) is 6.23. The van der Waals surface area contributed by atoms with E-state index in [1.54, 1.807) is 29.6 Å². The smallest absolute Gasteiger partial charge is 0.302 e. The molecule has 0 aliphatic rings. The number of amides is 2. The van der Waals surface area contributed by atoms with Gasteiger partial charge in [0, 0.05) is 5.69 Å². The van der Waals surface area contributed by atoms with E-state index >= 15 is 0 Å². The first-order valence-electron chi connectivity index (χ1n) is 6.39. The number of nitrogens with one attached hydrogen (secondary N) is 2. The Labute approximate surface area is 129 Å². The van der Waals surface area contributed by atoms with Crippen LogP contribution >= 0.6 is 11.3 Å². The fourth-order valence-corrected chi connectivity index (χ4v) is 2.34. The van der Waals surface area contributed by atoms with E-state index in [9.17, 15) is 9.59 Å². The molecule has 0 aliphatic heterocycles. The van der Waals surface area contributed by atoms with E-state index in [1.165, 1.54) is 17.6 Å². The van der Waals surface area contributed by atoms with Crippen LogP contribution in [0, 0.1) is 0 Å². The van der Waals surface area contributed by atoms with Gasteiger partial charge in [-0.05, 0) is 23.6 Å². The summed E-state index contributed by atoms with van der Waals surface area (Å²) in [5, 5.41) is 6.97. The van der Waals surface area contributed by atoms with Crippen molar-refractivity contribution >= 4 is 34.9 Å². The maximum absolute atomic E-state index is 12.0. The SMILES string of the molecule is O=C(Nc1ccccc1)c1coc(NC(=O)c2cccs2)n1. The Bertz CT molecular complexity index is 781. The average molecular weight is 313 g/mol. The van der Waals surface area contributed by atoms with Gasteiger partial charge in [0.15, 0.2) is 5.69 Å². The number of thiophene rings is 1. The molecule has 2 aromatic heterocycles. The number of carbonyl (C=O) groups is 2. The molecule has 3 rings (SSSR count). The molecule has 0 bridgehead atoms. The minimum Gasteiger partial charge on any atom is -0.431 e. The van der Waals surface area contributed by atoms with Crippen LogP contribution in [-0.4, -0.2) is 16.8 Å². The number of hydrogen-bond acceptors (Lipinski definition) is 5. The summed E-state index contributed by atoms with van der Waals surface area (Å²) in [5.74, 6) is -0.738. The summed E-state index contributed by atoms with van der Waals surface area (Å²) in [6.07, 6.45) is 1.20. The van der Waals surface area contributed by atoms with E-state index in [4.69, 9.17) is 4.42 Å². The Balaban J connectivity index is 1.66. The molecule has 2 N–H and O–H groups in total. The van der Waals surface area contributed by atoms with Crippen LogP contribution in [0.25, 0.3) is 0 Å². The minimum absolute atomic E-state index is 0.0170. The molecule has 7 heteroatoms. The standard InChI is InChI=1S/C15H11N3O3S/c19-13(16-10-5-2-1-3-6-10)11-9-21-15(17-11)18-14(20)12-7-4-8-22-12/h1-9H,(H,16,19)(H,17,18,20). The first-order chi connectivity index (χ1) is 10.7. The maximum atomic E-state index is 12.0. The third-order valence-corrected chi connectivity index (χ3v) is 3.60. The van der Waals surface area contributed by atoms with E-state index in [0.717, 1.165) is 0 Å². The van der Waals surface area contributed by atoms with Crippen LogP contribution in [0.5, 0.6) is 0 Å². The van der Waals surface area contributed by atoms with Crippen molar-refractivity contribution in [3.8, 4) is 0 Å². The van der Waals surface area contributed by atoms with Crippen LogP contribution in [0.15, 0.2) is 58.5 Å². The molecule has 110 valence electrons. The van der Waals surface area contributed by atoms with Gasteiger partial charge in [-0.1, -0.05) is 24.3 Å². The van der Waals surface area contributed by atoms with Crippen LogP contribution in [0.3, 0.4) is 0 Å². The van der Waals surface area contributed by atoms with Crippen molar-refractivity contribution in [2.24, 2.45) is 0 Å². The molecule has 3 aromatic rings. The predicted octanol–water partition coefficient (Wildman–Crippen LogP) is 3.24. The highest BCUT2D eigenvalue weighted by atomic mass is 32.1. The molecule has 2 heterocycles. The average Bonchev–Trinajstić information content (AvgIpc) is 3.19. The van der Waals surface area contributed by atoms with E-state index in [0.29, 0.717) is 10.6 Å². The summed E-state index contributed by atoms with van der Waals surface area (Å²) < 4.78 is 5.09. The van der Waals surface area contributed by atoms with Crippen molar-refractivity contribution in [3.05, 3.63) is 64.7 Å². The van der Waals surface area contributed by atoms with E-state index < -0.39 is 5.91 Å². The zero-order chi connectivity index (χ0) is 15.4. The zero-order valence-corrected chi connectivity index (χ0v) is 12.1. The van der Waals surface area contributed by atoms with Gasteiger partial charge in [0.1, 0.15) is 6.26 Å². The number of hydrogen-bond donors (Lipinski definition) is 2. The number of para-hydroxylation sites is 1. The molecule has 6 nitrogen and oxygen atoms in total. The van der Waals surface area contributed by atoms with Gasteiger partial charge in [0.25, 0.3) is 11.8 Å². The number of oxazole rings is 1. The lowest BCUT2D eigenvalue weighted by molar-refractivity contribution is 0.101. The second-order valence-electron chi connectivity index (χ2n) is 4.29. The van der Waals surface area contributed by atoms with E-state index in [2.05, 4.69) is 15.6 Å². The minimum atomic E-state index is -0.411. The number of rotatable bonds is 4. The van der Waals surface area contributed by atoms with E-state index in [1.807, 2.05) is 18.2 Å². The highest BCUT2D eigenvalue weighted by Gasteiger charge is 2.15. The van der Waals surface area contributed by atoms with Gasteiger partial charge < -0.3 is 9.73 Å². The Morgan fingerprint density at radius 2 is 1.82 bits per heavy atom. The number of anilines is 2. The fraction of sp³-hybridized carbons (Fsp3) is 0. The normalized spacial score (nSPS) is 10.2. The molecule has 0 radical (unpaired) electrons. The molecule has 0 saturated carbocycles. The quantitative estimate of drug-likeness (QED) is 0.774. The van der Waals surface area contributed by atoms with Crippen LogP contribution in [-0.2, 0) is 0 Å². The lowest BCUT2D eigenvalue weighted by atomic mass is 10.3. The van der Waals surface area contributed by atoms with Crippen molar-refractivity contribution in [3.63, 3.8) is 0 Å². The van der Waals surface area contributed by atoms with Gasteiger partial charge in [0.2, 0.25) is 0 Å². The first-order valence-corrected chi connectivity index (χ1v) is 7.27. The molecule has 0 fully saturated rings. The Morgan fingerprint density at radius 1 is 1.00 bits per heavy atom. The van der Waals surface area contributed by atoms with Gasteiger partial charge in [-0.15, -0.1) is 11.3 Å². The number of aromatic nitrogens is 1. The molecule has 0 unspecified atom stereocenters. The van der Waals surface area contributed by atoms with Crippen molar-refractivity contribution in [2.75, 3.05) is 10.6 Å². The van der Waals surface area contributed by atoms with Gasteiger partial charge in [-0.3, -0.25) is 14.9 Å². The lowest BCUT2D eigenvalue weighted by Crippen LogP contribution is -2.13. The van der Waals surface area contributed by atoms with Crippen molar-refractivity contribution in [1.82, 2.24) is 4.98 Å². The van der Waals surface area contributed by atoms with Crippen LogP contribution in [0.2, 0.25) is 0 Å². The van der Waals surface area contributed by atoms with Gasteiger partial charge >= 0.3 is 6.01 Å². The molecular weight excluding hydrogens is 302 g/mol. The highest BCUT2D eigenvalue weighted by Crippen LogP contribution is 2.14. The molecule has 0 spiro atoms. The summed E-state index contributed by atoms with van der Waals surface area (Å²) in [4.78, 5) is 28.3. The third kappa shape index (κ3) is 3.21. The number of nitrogens with zero attached hydrogens (tertiary/aromatic N) is 1. The zero-order valence-electron chi connectivity index (χ0n) is 11.3. The lowest BCUT2D eigenvalue weighted by Gasteiger charge is -2.01. The molecule has 22 heavy (non-hydrogen) atoms. The molecule has 0 saturated heterocycles. The Hall–Kier alpha value is -2.93. The summed E-state index contributed by atoms with van der Waals surface area (Å²) in [6.45, 7) is 0. The summed E-state index contributed by atoms with van der Waals surface area (Å²) in [6, 6.07) is 12.4. The molecule has 1 aromatic carbocycles. The monoisotopic (exact) mass is 313 g/mol. The number of carbonyl (C=O) groups excluding carboxylic acids is 2. The van der Waals surface area contributed by atoms with E-state index in [-0.39, 0.29) is 17.6 Å². The van der Waals surface area contributed by atoms with Crippen LogP contribution in [0.1, 0.15) is 20.2 Å². The van der Waals surface area contributed by atoms with Gasteiger partial charge in [-0.2, -0.15) is 4.98 Å². The summed E-state index contributed by atoms with van der Waals surface area (Å²) in [7, 11) is 0. The first kappa shape index (κ1) is 14.0. The Morgan fingerprint density at radius 3 is 2.55 bits per heavy atom.